The number of hydrogen-bond acceptors (Lipinski definition) is 12. The Morgan fingerprint density at radius 3 is 2.74 bits per heavy atom. The number of alkyl halides is 1. The first kappa shape index (κ1) is 39.6. The third-order valence-corrected chi connectivity index (χ3v) is 8.92. The van der Waals surface area contributed by atoms with Crippen LogP contribution in [-0.2, 0) is 32.1 Å². The minimum Gasteiger partial charge on any atom is -0.460 e. The van der Waals surface area contributed by atoms with Crippen molar-refractivity contribution in [1.29, 1.82) is 0 Å². The lowest BCUT2D eigenvalue weighted by atomic mass is 9.89. The van der Waals surface area contributed by atoms with Crippen molar-refractivity contribution < 1.29 is 37.8 Å². The molecule has 3 amide bonds. The summed E-state index contributed by atoms with van der Waals surface area (Å²) >= 11 is 0. The summed E-state index contributed by atoms with van der Waals surface area (Å²) in [7, 11) is 0. The maximum Gasteiger partial charge on any atom is 0.329 e. The van der Waals surface area contributed by atoms with Crippen molar-refractivity contribution in [1.82, 2.24) is 45.5 Å². The quantitative estimate of drug-likeness (QED) is 0.298. The van der Waals surface area contributed by atoms with Crippen LogP contribution in [0.3, 0.4) is 0 Å². The lowest BCUT2D eigenvalue weighted by Crippen LogP contribution is -2.44. The molecule has 2 aliphatic rings. The molecule has 3 aromatic rings. The van der Waals surface area contributed by atoms with Crippen molar-refractivity contribution >= 4 is 23.7 Å². The van der Waals surface area contributed by atoms with E-state index in [2.05, 4.69) is 35.9 Å². The smallest absolute Gasteiger partial charge is 0.329 e. The van der Waals surface area contributed by atoms with Gasteiger partial charge in [-0.3, -0.25) is 19.1 Å². The number of ether oxygens (including phenoxy) is 1. The topological polar surface area (TPSA) is 208 Å². The number of halogens is 1. The molecule has 0 saturated carbocycles. The Balaban J connectivity index is 1.32. The van der Waals surface area contributed by atoms with Crippen LogP contribution in [0.2, 0.25) is 0 Å². The predicted octanol–water partition coefficient (Wildman–Crippen LogP) is 2.54. The van der Waals surface area contributed by atoms with Gasteiger partial charge in [0, 0.05) is 50.8 Å². The van der Waals surface area contributed by atoms with Crippen LogP contribution in [0.25, 0.3) is 11.5 Å². The van der Waals surface area contributed by atoms with Crippen LogP contribution in [0, 0.1) is 11.8 Å². The van der Waals surface area contributed by atoms with E-state index >= 15 is 0 Å². The molecule has 0 unspecified atom stereocenters. The average Bonchev–Trinajstić information content (AvgIpc) is 3.92. The van der Waals surface area contributed by atoms with Gasteiger partial charge in [0.25, 0.3) is 5.91 Å². The maximum atomic E-state index is 14.8. The molecular formula is C37H46FN9O7. The second-order valence-electron chi connectivity index (χ2n) is 13.6. The van der Waals surface area contributed by atoms with Crippen LogP contribution in [-0.4, -0.2) is 108 Å². The largest absolute Gasteiger partial charge is 0.460 e. The Kier molecular flexibility index (Phi) is 13.9. The maximum absolute atomic E-state index is 14.8. The Morgan fingerprint density at radius 1 is 1.17 bits per heavy atom. The van der Waals surface area contributed by atoms with Gasteiger partial charge in [-0.15, -0.1) is 5.10 Å². The molecule has 5 rings (SSSR count). The first-order valence-corrected chi connectivity index (χ1v) is 18.0. The zero-order valence-corrected chi connectivity index (χ0v) is 30.5. The summed E-state index contributed by atoms with van der Waals surface area (Å²) in [5, 5.41) is 24.2. The molecule has 2 aliphatic heterocycles. The fourth-order valence-electron chi connectivity index (χ4n) is 6.30. The fraction of sp³-hybridized carbons (Fsp3) is 0.486. The number of hydrogen-bond donors (Lipinski definition) is 3. The number of nitrogens with one attached hydrogen (secondary N) is 2. The molecule has 16 nitrogen and oxygen atoms in total. The number of fused-ring (bicyclic) bond motifs is 3. The number of esters is 1. The molecule has 0 aromatic carbocycles. The molecule has 54 heavy (non-hydrogen) atoms. The van der Waals surface area contributed by atoms with E-state index in [0.29, 0.717) is 36.5 Å². The normalized spacial score (nSPS) is 25.6. The first-order chi connectivity index (χ1) is 26.0. The fourth-order valence-corrected chi connectivity index (χ4v) is 6.30. The molecule has 1 fully saturated rings. The van der Waals surface area contributed by atoms with Gasteiger partial charge in [0.15, 0.2) is 17.4 Å². The third kappa shape index (κ3) is 11.2. The molecule has 0 aliphatic carbocycles. The van der Waals surface area contributed by atoms with Crippen molar-refractivity contribution in [2.24, 2.45) is 11.8 Å². The lowest BCUT2D eigenvalue weighted by Gasteiger charge is -2.30. The van der Waals surface area contributed by atoms with Gasteiger partial charge in [0.2, 0.25) is 11.8 Å². The number of oxazole rings is 1. The number of aromatic nitrogens is 6. The molecule has 5 atom stereocenters. The highest BCUT2D eigenvalue weighted by Gasteiger charge is 2.39. The Morgan fingerprint density at radius 2 is 1.96 bits per heavy atom. The molecule has 2 bridgehead atoms. The van der Waals surface area contributed by atoms with Gasteiger partial charge in [-0.05, 0) is 37.8 Å². The number of aliphatic hydroxyl groups is 1. The van der Waals surface area contributed by atoms with E-state index in [1.165, 1.54) is 17.1 Å². The van der Waals surface area contributed by atoms with Crippen molar-refractivity contribution in [3.8, 4) is 11.5 Å². The molecule has 5 heterocycles. The summed E-state index contributed by atoms with van der Waals surface area (Å²) < 4.78 is 27.9. The van der Waals surface area contributed by atoms with Crippen molar-refractivity contribution in [3.63, 3.8) is 0 Å². The summed E-state index contributed by atoms with van der Waals surface area (Å²) in [6.45, 7) is 6.36. The molecule has 3 aromatic heterocycles. The Labute approximate surface area is 312 Å². The summed E-state index contributed by atoms with van der Waals surface area (Å²) in [4.78, 5) is 67.3. The number of carbonyl (C=O) groups is 4. The van der Waals surface area contributed by atoms with Crippen LogP contribution < -0.4 is 10.6 Å². The van der Waals surface area contributed by atoms with E-state index in [4.69, 9.17) is 9.15 Å². The van der Waals surface area contributed by atoms with Crippen LogP contribution in [0.5, 0.6) is 0 Å². The molecule has 1 saturated heterocycles. The van der Waals surface area contributed by atoms with E-state index in [-0.39, 0.29) is 62.3 Å². The number of cyclic esters (lactones) is 1. The summed E-state index contributed by atoms with van der Waals surface area (Å²) in [5.74, 6) is -2.59. The average molecular weight is 748 g/mol. The van der Waals surface area contributed by atoms with Gasteiger partial charge in [0.05, 0.1) is 25.3 Å². The Bertz CT molecular complexity index is 1840. The van der Waals surface area contributed by atoms with E-state index in [1.54, 1.807) is 54.5 Å². The van der Waals surface area contributed by atoms with E-state index in [9.17, 15) is 28.7 Å². The number of carbonyl (C=O) groups excluding carboxylic acids is 4. The van der Waals surface area contributed by atoms with Crippen molar-refractivity contribution in [3.05, 3.63) is 78.5 Å². The highest BCUT2D eigenvalue weighted by molar-refractivity contribution is 5.95. The van der Waals surface area contributed by atoms with Gasteiger partial charge in [-0.2, -0.15) is 0 Å². The molecule has 0 spiro atoms. The zero-order valence-electron chi connectivity index (χ0n) is 30.5. The summed E-state index contributed by atoms with van der Waals surface area (Å²) in [5.41, 5.74) is 1.07. The second kappa shape index (κ2) is 19.0. The van der Waals surface area contributed by atoms with Crippen LogP contribution in [0.1, 0.15) is 62.8 Å². The van der Waals surface area contributed by atoms with E-state index in [0.717, 1.165) is 6.26 Å². The van der Waals surface area contributed by atoms with Crippen molar-refractivity contribution in [2.45, 2.75) is 83.8 Å². The van der Waals surface area contributed by atoms with Crippen molar-refractivity contribution in [2.75, 3.05) is 19.6 Å². The minimum atomic E-state index is -1.50. The van der Waals surface area contributed by atoms with Crippen LogP contribution in [0.4, 0.5) is 4.39 Å². The van der Waals surface area contributed by atoms with Gasteiger partial charge in [-0.1, -0.05) is 48.9 Å². The van der Waals surface area contributed by atoms with Gasteiger partial charge in [0.1, 0.15) is 30.3 Å². The highest BCUT2D eigenvalue weighted by Crippen LogP contribution is 2.27. The molecule has 0 radical (unpaired) electrons. The second-order valence-corrected chi connectivity index (χ2v) is 13.6. The number of amides is 3. The molecule has 288 valence electrons. The molecule has 17 heteroatoms. The number of nitrogens with zero attached hydrogens (tertiary/aromatic N) is 7. The monoisotopic (exact) mass is 747 g/mol. The zero-order chi connectivity index (χ0) is 38.6. The molecular weight excluding hydrogens is 701 g/mol. The number of aliphatic hydroxyl groups excluding tert-OH is 1. The van der Waals surface area contributed by atoms with E-state index in [1.807, 2.05) is 13.8 Å². The summed E-state index contributed by atoms with van der Waals surface area (Å²) in [6, 6.07) is 0.767. The minimum absolute atomic E-state index is 0.00768. The third-order valence-electron chi connectivity index (χ3n) is 8.92. The van der Waals surface area contributed by atoms with Crippen LogP contribution >= 0.6 is 0 Å². The summed E-state index contributed by atoms with van der Waals surface area (Å²) in [6.07, 6.45) is 10.6. The Hall–Kier alpha value is -5.58. The predicted molar refractivity (Wildman–Crippen MR) is 192 cm³/mol. The lowest BCUT2D eigenvalue weighted by molar-refractivity contribution is -0.159. The van der Waals surface area contributed by atoms with Gasteiger partial charge < -0.3 is 29.8 Å². The van der Waals surface area contributed by atoms with E-state index < -0.39 is 48.1 Å². The number of rotatable bonds is 7. The highest BCUT2D eigenvalue weighted by atomic mass is 19.1. The van der Waals surface area contributed by atoms with Gasteiger partial charge >= 0.3 is 5.97 Å². The van der Waals surface area contributed by atoms with Gasteiger partial charge in [-0.25, -0.2) is 24.1 Å². The van der Waals surface area contributed by atoms with Crippen LogP contribution in [0.15, 0.2) is 71.3 Å². The SMILES string of the molecule is CC1=C\[C@@H](O)C[C@@H](F)Cc2nc(co2)C(=O)N2CCC[C@@H]2C(=O)O[C@H](C(C)C)[C@H](CC(=O)NCCn2cc(-c3ncccn3)nn2)/C=C/C(=O)NC\C=C\1. The first-order valence-electron chi connectivity index (χ1n) is 18.0. The molecule has 3 N–H and O–H groups in total. The number of allylic oxidation sites excluding steroid dienone is 2. The standard InChI is InChI=1S/C37H46FN9O7/c1-23(2)34-25(18-32(50)40-14-16-46-21-28(44-45-46)35-41-12-6-13-42-35)9-10-31(49)39-11-4-7-24(3)17-27(48)19-26(38)20-33-43-29(22-53-33)36(51)47-15-5-8-30(47)37(52)54-34/h4,6-7,9-10,12-13,17,21-23,25-27,30,34,48H,5,8,11,14-16,18-20H2,1-3H3,(H,39,49)(H,40,50)/b7-4+,10-9+,24-17+/t25-,26+,27+,30+,34+/m0/s1.